The maximum atomic E-state index is 11.5. The Balaban J connectivity index is 2.33. The molecular weight excluding hydrogens is 238 g/mol. The third kappa shape index (κ3) is 4.75. The molecule has 1 heterocycles. The summed E-state index contributed by atoms with van der Waals surface area (Å²) in [5.41, 5.74) is 0. The maximum absolute atomic E-state index is 11.5. The summed E-state index contributed by atoms with van der Waals surface area (Å²) in [6, 6.07) is 3.79. The van der Waals surface area contributed by atoms with Crippen LogP contribution < -0.4 is 0 Å². The van der Waals surface area contributed by atoms with Crippen LogP contribution in [0.1, 0.15) is 31.2 Å². The topological polar surface area (TPSA) is 49.8 Å². The van der Waals surface area contributed by atoms with Crippen LogP contribution in [-0.2, 0) is 4.74 Å². The first-order valence-corrected chi connectivity index (χ1v) is 6.52. The van der Waals surface area contributed by atoms with Crippen molar-refractivity contribution in [3.63, 3.8) is 0 Å². The van der Waals surface area contributed by atoms with Gasteiger partial charge in [0.1, 0.15) is 0 Å². The Morgan fingerprint density at radius 2 is 2.29 bits per heavy atom. The molecule has 0 saturated carbocycles. The van der Waals surface area contributed by atoms with Gasteiger partial charge in [-0.1, -0.05) is 6.07 Å². The first-order valence-electron chi connectivity index (χ1n) is 5.64. The van der Waals surface area contributed by atoms with Crippen molar-refractivity contribution in [3.05, 3.63) is 22.4 Å². The number of hydrogen-bond acceptors (Lipinski definition) is 4. The molecule has 0 bridgehead atoms. The summed E-state index contributed by atoms with van der Waals surface area (Å²) in [5.74, 6) is 0. The van der Waals surface area contributed by atoms with E-state index in [2.05, 4.69) is 0 Å². The van der Waals surface area contributed by atoms with Crippen molar-refractivity contribution in [3.8, 4) is 0 Å². The molecule has 1 aromatic rings. The number of nitrogens with zero attached hydrogens (tertiary/aromatic N) is 1. The summed E-state index contributed by atoms with van der Waals surface area (Å²) in [4.78, 5) is 13.9. The van der Waals surface area contributed by atoms with Gasteiger partial charge in [-0.05, 0) is 31.7 Å². The van der Waals surface area contributed by atoms with Gasteiger partial charge in [-0.3, -0.25) is 0 Å². The SMILES string of the molecule is CC(C)OC(=O)N(C)CC[C@H](O)c1cccs1. The van der Waals surface area contributed by atoms with E-state index < -0.39 is 6.10 Å². The highest BCUT2D eigenvalue weighted by molar-refractivity contribution is 7.10. The molecule has 96 valence electrons. The Labute approximate surface area is 106 Å². The number of carbonyl (C=O) groups is 1. The van der Waals surface area contributed by atoms with E-state index in [1.807, 2.05) is 31.4 Å². The highest BCUT2D eigenvalue weighted by atomic mass is 32.1. The van der Waals surface area contributed by atoms with E-state index in [0.717, 1.165) is 4.88 Å². The molecule has 1 N–H and O–H groups in total. The molecular formula is C12H19NO3S. The van der Waals surface area contributed by atoms with Crippen molar-refractivity contribution in [1.29, 1.82) is 0 Å². The number of amides is 1. The fourth-order valence-corrected chi connectivity index (χ4v) is 2.07. The molecule has 0 aliphatic rings. The minimum absolute atomic E-state index is 0.118. The zero-order valence-electron chi connectivity index (χ0n) is 10.4. The van der Waals surface area contributed by atoms with Crippen LogP contribution in [-0.4, -0.2) is 35.8 Å². The highest BCUT2D eigenvalue weighted by Crippen LogP contribution is 2.21. The Morgan fingerprint density at radius 3 is 2.82 bits per heavy atom. The van der Waals surface area contributed by atoms with E-state index in [1.165, 1.54) is 16.2 Å². The fraction of sp³-hybridized carbons (Fsp3) is 0.583. The van der Waals surface area contributed by atoms with Gasteiger partial charge in [-0.25, -0.2) is 4.79 Å². The molecule has 5 heteroatoms. The summed E-state index contributed by atoms with van der Waals surface area (Å²) in [6.07, 6.45) is -0.459. The van der Waals surface area contributed by atoms with Crippen molar-refractivity contribution < 1.29 is 14.6 Å². The number of aliphatic hydroxyl groups excluding tert-OH is 1. The Bertz CT molecular complexity index is 338. The van der Waals surface area contributed by atoms with Gasteiger partial charge in [0.15, 0.2) is 0 Å². The van der Waals surface area contributed by atoms with E-state index in [0.29, 0.717) is 13.0 Å². The van der Waals surface area contributed by atoms with Gasteiger partial charge in [0.2, 0.25) is 0 Å². The molecule has 1 atom stereocenters. The van der Waals surface area contributed by atoms with Gasteiger partial charge in [0.05, 0.1) is 12.2 Å². The molecule has 0 saturated heterocycles. The number of hydrogen-bond donors (Lipinski definition) is 1. The fourth-order valence-electron chi connectivity index (χ4n) is 1.32. The van der Waals surface area contributed by atoms with Gasteiger partial charge >= 0.3 is 6.09 Å². The monoisotopic (exact) mass is 257 g/mol. The van der Waals surface area contributed by atoms with Crippen molar-refractivity contribution in [2.45, 2.75) is 32.5 Å². The number of ether oxygens (including phenoxy) is 1. The smallest absolute Gasteiger partial charge is 0.409 e. The third-order valence-corrected chi connectivity index (χ3v) is 3.23. The average molecular weight is 257 g/mol. The molecule has 17 heavy (non-hydrogen) atoms. The van der Waals surface area contributed by atoms with Crippen molar-refractivity contribution >= 4 is 17.4 Å². The summed E-state index contributed by atoms with van der Waals surface area (Å²) in [7, 11) is 1.67. The maximum Gasteiger partial charge on any atom is 0.409 e. The van der Waals surface area contributed by atoms with Crippen LogP contribution in [0.25, 0.3) is 0 Å². The van der Waals surface area contributed by atoms with Crippen molar-refractivity contribution in [2.75, 3.05) is 13.6 Å². The van der Waals surface area contributed by atoms with E-state index in [-0.39, 0.29) is 12.2 Å². The number of thiophene rings is 1. The summed E-state index contributed by atoms with van der Waals surface area (Å²) >= 11 is 1.52. The molecule has 1 amide bonds. The van der Waals surface area contributed by atoms with Gasteiger partial charge in [-0.2, -0.15) is 0 Å². The quantitative estimate of drug-likeness (QED) is 0.882. The second kappa shape index (κ2) is 6.61. The molecule has 1 aromatic heterocycles. The minimum atomic E-state index is -0.510. The molecule has 1 rings (SSSR count). The lowest BCUT2D eigenvalue weighted by Crippen LogP contribution is -2.31. The molecule has 0 unspecified atom stereocenters. The van der Waals surface area contributed by atoms with E-state index in [4.69, 9.17) is 4.74 Å². The van der Waals surface area contributed by atoms with Crippen LogP contribution in [0.4, 0.5) is 4.79 Å². The lowest BCUT2D eigenvalue weighted by Gasteiger charge is -2.19. The van der Waals surface area contributed by atoms with Crippen LogP contribution in [0, 0.1) is 0 Å². The molecule has 0 aliphatic heterocycles. The highest BCUT2D eigenvalue weighted by Gasteiger charge is 2.14. The van der Waals surface area contributed by atoms with E-state index in [1.54, 1.807) is 7.05 Å². The van der Waals surface area contributed by atoms with Gasteiger partial charge in [0.25, 0.3) is 0 Å². The normalized spacial score (nSPS) is 12.5. The average Bonchev–Trinajstić information content (AvgIpc) is 2.77. The zero-order valence-corrected chi connectivity index (χ0v) is 11.2. The van der Waals surface area contributed by atoms with Crippen LogP contribution in [0.5, 0.6) is 0 Å². The number of carbonyl (C=O) groups excluding carboxylic acids is 1. The van der Waals surface area contributed by atoms with Gasteiger partial charge in [-0.15, -0.1) is 11.3 Å². The molecule has 0 fully saturated rings. The molecule has 0 aromatic carbocycles. The first kappa shape index (κ1) is 14.0. The third-order valence-electron chi connectivity index (χ3n) is 2.26. The van der Waals surface area contributed by atoms with E-state index >= 15 is 0 Å². The summed E-state index contributed by atoms with van der Waals surface area (Å²) in [5, 5.41) is 11.8. The number of rotatable bonds is 5. The Kier molecular flexibility index (Phi) is 5.44. The molecule has 0 spiro atoms. The first-order chi connectivity index (χ1) is 8.00. The molecule has 0 radical (unpaired) electrons. The predicted molar refractivity (Wildman–Crippen MR) is 68.1 cm³/mol. The van der Waals surface area contributed by atoms with Gasteiger partial charge in [0, 0.05) is 18.5 Å². The standard InChI is InChI=1S/C12H19NO3S/c1-9(2)16-12(15)13(3)7-6-10(14)11-5-4-8-17-11/h4-5,8-10,14H,6-7H2,1-3H3/t10-/m0/s1. The molecule has 4 nitrogen and oxygen atoms in total. The van der Waals surface area contributed by atoms with Crippen LogP contribution in [0.15, 0.2) is 17.5 Å². The Hall–Kier alpha value is -1.07. The second-order valence-corrected chi connectivity index (χ2v) is 5.15. The second-order valence-electron chi connectivity index (χ2n) is 4.17. The summed E-state index contributed by atoms with van der Waals surface area (Å²) in [6.45, 7) is 4.10. The van der Waals surface area contributed by atoms with Crippen LogP contribution in [0.2, 0.25) is 0 Å². The Morgan fingerprint density at radius 1 is 1.59 bits per heavy atom. The zero-order chi connectivity index (χ0) is 12.8. The number of aliphatic hydroxyl groups is 1. The van der Waals surface area contributed by atoms with E-state index in [9.17, 15) is 9.90 Å². The predicted octanol–water partition coefficient (Wildman–Crippen LogP) is 2.65. The van der Waals surface area contributed by atoms with Crippen molar-refractivity contribution in [1.82, 2.24) is 4.90 Å². The summed E-state index contributed by atoms with van der Waals surface area (Å²) < 4.78 is 5.04. The lowest BCUT2D eigenvalue weighted by atomic mass is 10.2. The molecule has 0 aliphatic carbocycles. The largest absolute Gasteiger partial charge is 0.447 e. The van der Waals surface area contributed by atoms with Crippen LogP contribution in [0.3, 0.4) is 0 Å². The minimum Gasteiger partial charge on any atom is -0.447 e. The van der Waals surface area contributed by atoms with Gasteiger partial charge < -0.3 is 14.7 Å². The van der Waals surface area contributed by atoms with Crippen LogP contribution >= 0.6 is 11.3 Å². The lowest BCUT2D eigenvalue weighted by molar-refractivity contribution is 0.0779. The van der Waals surface area contributed by atoms with Crippen molar-refractivity contribution in [2.24, 2.45) is 0 Å².